The van der Waals surface area contributed by atoms with Gasteiger partial charge in [-0.3, -0.25) is 4.79 Å². The Morgan fingerprint density at radius 3 is 1.67 bits per heavy atom. The molecule has 0 spiro atoms. The summed E-state index contributed by atoms with van der Waals surface area (Å²) >= 11 is 0. The van der Waals surface area contributed by atoms with Gasteiger partial charge in [0.1, 0.15) is 17.2 Å². The molecule has 7 rings (SSSR count). The Morgan fingerprint density at radius 2 is 1.13 bits per heavy atom. The molecule has 0 radical (unpaired) electrons. The molecule has 2 atom stereocenters. The Balaban J connectivity index is 0.976. The first kappa shape index (κ1) is 29.8. The van der Waals surface area contributed by atoms with E-state index >= 15 is 0 Å². The SMILES string of the molecule is CCN(C(=O)c1ccc2cc(OCCC3CO3)ccc2c1)c1ccc(OC(=O)c2ccc3cc(OCCC4CO4)ccc3c2)cc1. The predicted molar refractivity (Wildman–Crippen MR) is 176 cm³/mol. The molecule has 2 aliphatic heterocycles. The average Bonchev–Trinajstić information content (AvgIpc) is 4.02. The fourth-order valence-electron chi connectivity index (χ4n) is 5.43. The van der Waals surface area contributed by atoms with Crippen molar-refractivity contribution in [1.29, 1.82) is 0 Å². The van der Waals surface area contributed by atoms with Crippen molar-refractivity contribution >= 4 is 39.1 Å². The van der Waals surface area contributed by atoms with E-state index in [2.05, 4.69) is 0 Å². The monoisotopic (exact) mass is 617 g/mol. The minimum absolute atomic E-state index is 0.111. The maximum absolute atomic E-state index is 13.5. The lowest BCUT2D eigenvalue weighted by atomic mass is 10.1. The molecule has 8 heteroatoms. The van der Waals surface area contributed by atoms with Crippen LogP contribution < -0.4 is 19.1 Å². The van der Waals surface area contributed by atoms with Crippen LogP contribution >= 0.6 is 0 Å². The normalized spacial score (nSPS) is 16.6. The number of hydrogen-bond acceptors (Lipinski definition) is 7. The Morgan fingerprint density at radius 1 is 0.652 bits per heavy atom. The summed E-state index contributed by atoms with van der Waals surface area (Å²) in [5.41, 5.74) is 1.75. The van der Waals surface area contributed by atoms with Crippen LogP contribution in [0, 0.1) is 0 Å². The number of amides is 1. The number of carbonyl (C=O) groups is 2. The van der Waals surface area contributed by atoms with Crippen molar-refractivity contribution in [2.75, 3.05) is 37.9 Å². The zero-order chi connectivity index (χ0) is 31.5. The molecular weight excluding hydrogens is 582 g/mol. The van der Waals surface area contributed by atoms with Gasteiger partial charge in [0, 0.05) is 30.6 Å². The molecule has 0 N–H and O–H groups in total. The Hall–Kier alpha value is -4.92. The highest BCUT2D eigenvalue weighted by atomic mass is 16.6. The fraction of sp³-hybridized carbons (Fsp3) is 0.263. The average molecular weight is 618 g/mol. The molecule has 2 fully saturated rings. The van der Waals surface area contributed by atoms with E-state index in [0.717, 1.165) is 59.1 Å². The van der Waals surface area contributed by atoms with Crippen LogP contribution in [0.2, 0.25) is 0 Å². The summed E-state index contributed by atoms with van der Waals surface area (Å²) in [6, 6.07) is 29.8. The molecule has 2 saturated heterocycles. The van der Waals surface area contributed by atoms with E-state index in [-0.39, 0.29) is 5.91 Å². The molecule has 2 heterocycles. The summed E-state index contributed by atoms with van der Waals surface area (Å²) in [7, 11) is 0. The number of fused-ring (bicyclic) bond motifs is 2. The van der Waals surface area contributed by atoms with Gasteiger partial charge in [-0.2, -0.15) is 0 Å². The third kappa shape index (κ3) is 7.14. The van der Waals surface area contributed by atoms with Crippen molar-refractivity contribution in [1.82, 2.24) is 0 Å². The lowest BCUT2D eigenvalue weighted by Crippen LogP contribution is -2.30. The van der Waals surface area contributed by atoms with Crippen LogP contribution in [0.15, 0.2) is 97.1 Å². The second-order valence-corrected chi connectivity index (χ2v) is 11.6. The maximum Gasteiger partial charge on any atom is 0.343 e. The number of benzene rings is 5. The summed E-state index contributed by atoms with van der Waals surface area (Å²) in [6.45, 7) is 5.29. The number of rotatable bonds is 13. The van der Waals surface area contributed by atoms with Gasteiger partial charge in [0.05, 0.1) is 44.2 Å². The van der Waals surface area contributed by atoms with Crippen molar-refractivity contribution in [3.8, 4) is 17.2 Å². The minimum Gasteiger partial charge on any atom is -0.493 e. The molecule has 0 aliphatic carbocycles. The molecule has 0 aromatic heterocycles. The fourth-order valence-corrected chi connectivity index (χ4v) is 5.43. The van der Waals surface area contributed by atoms with Crippen LogP contribution in [-0.4, -0.2) is 57.1 Å². The van der Waals surface area contributed by atoms with Crippen LogP contribution in [0.4, 0.5) is 5.69 Å². The lowest BCUT2D eigenvalue weighted by molar-refractivity contribution is 0.0734. The molecular formula is C38H35NO7. The van der Waals surface area contributed by atoms with E-state index in [9.17, 15) is 9.59 Å². The Bertz CT molecular complexity index is 1880. The number of hydrogen-bond donors (Lipinski definition) is 0. The minimum atomic E-state index is -0.454. The first-order valence-electron chi connectivity index (χ1n) is 15.7. The van der Waals surface area contributed by atoms with Gasteiger partial charge in [-0.15, -0.1) is 0 Å². The van der Waals surface area contributed by atoms with Crippen molar-refractivity contribution in [3.63, 3.8) is 0 Å². The van der Waals surface area contributed by atoms with Gasteiger partial charge in [0.15, 0.2) is 0 Å². The van der Waals surface area contributed by atoms with Gasteiger partial charge >= 0.3 is 5.97 Å². The summed E-state index contributed by atoms with van der Waals surface area (Å²) in [4.78, 5) is 28.2. The van der Waals surface area contributed by atoms with E-state index in [1.165, 1.54) is 0 Å². The van der Waals surface area contributed by atoms with Crippen molar-refractivity contribution in [2.45, 2.75) is 32.0 Å². The standard InChI is InChI=1S/C38H35NO7/c1-2-39(37(40)29-5-3-27-21-33(11-7-25(27)19-29)42-17-15-35-23-44-35)31-9-13-32(14-10-31)46-38(41)30-6-4-28-22-34(12-8-26(28)20-30)43-18-16-36-24-45-36/h3-14,19-22,35-36H,2,15-18,23-24H2,1H3. The lowest BCUT2D eigenvalue weighted by Gasteiger charge is -2.21. The number of anilines is 1. The molecule has 2 aliphatic rings. The molecule has 0 saturated carbocycles. The van der Waals surface area contributed by atoms with E-state index in [1.54, 1.807) is 35.2 Å². The third-order valence-corrected chi connectivity index (χ3v) is 8.25. The van der Waals surface area contributed by atoms with E-state index in [4.69, 9.17) is 23.7 Å². The van der Waals surface area contributed by atoms with Crippen LogP contribution in [0.25, 0.3) is 21.5 Å². The smallest absolute Gasteiger partial charge is 0.343 e. The Labute approximate surface area is 267 Å². The quantitative estimate of drug-likeness (QED) is 0.0783. The summed E-state index contributed by atoms with van der Waals surface area (Å²) < 4.78 is 27.8. The van der Waals surface area contributed by atoms with E-state index < -0.39 is 5.97 Å². The molecule has 2 unspecified atom stereocenters. The van der Waals surface area contributed by atoms with Gasteiger partial charge in [-0.25, -0.2) is 4.79 Å². The van der Waals surface area contributed by atoms with Crippen molar-refractivity contribution in [3.05, 3.63) is 108 Å². The highest BCUT2D eigenvalue weighted by Crippen LogP contribution is 2.27. The highest BCUT2D eigenvalue weighted by Gasteiger charge is 2.23. The van der Waals surface area contributed by atoms with Gasteiger partial charge in [-0.05, 0) is 101 Å². The van der Waals surface area contributed by atoms with Gasteiger partial charge < -0.3 is 28.6 Å². The number of epoxide rings is 2. The Kier molecular flexibility index (Phi) is 8.55. The third-order valence-electron chi connectivity index (χ3n) is 8.25. The molecule has 5 aromatic carbocycles. The number of carbonyl (C=O) groups excluding carboxylic acids is 2. The van der Waals surface area contributed by atoms with E-state index in [0.29, 0.717) is 54.5 Å². The van der Waals surface area contributed by atoms with Crippen molar-refractivity contribution in [2.24, 2.45) is 0 Å². The molecule has 5 aromatic rings. The first-order chi connectivity index (χ1) is 22.5. The second-order valence-electron chi connectivity index (χ2n) is 11.6. The zero-order valence-corrected chi connectivity index (χ0v) is 25.6. The zero-order valence-electron chi connectivity index (χ0n) is 25.6. The summed E-state index contributed by atoms with van der Waals surface area (Å²) in [5.74, 6) is 1.43. The summed E-state index contributed by atoms with van der Waals surface area (Å²) in [5, 5.41) is 3.86. The molecule has 46 heavy (non-hydrogen) atoms. The number of esters is 1. The van der Waals surface area contributed by atoms with Crippen LogP contribution in [0.1, 0.15) is 40.5 Å². The summed E-state index contributed by atoms with van der Waals surface area (Å²) in [6.07, 6.45) is 2.45. The van der Waals surface area contributed by atoms with Gasteiger partial charge in [0.25, 0.3) is 5.91 Å². The molecule has 0 bridgehead atoms. The van der Waals surface area contributed by atoms with Crippen LogP contribution in [-0.2, 0) is 9.47 Å². The second kappa shape index (κ2) is 13.2. The molecule has 8 nitrogen and oxygen atoms in total. The van der Waals surface area contributed by atoms with E-state index in [1.807, 2.05) is 73.7 Å². The van der Waals surface area contributed by atoms with Gasteiger partial charge in [-0.1, -0.05) is 24.3 Å². The predicted octanol–water partition coefficient (Wildman–Crippen LogP) is 7.21. The first-order valence-corrected chi connectivity index (χ1v) is 15.7. The van der Waals surface area contributed by atoms with Gasteiger partial charge in [0.2, 0.25) is 0 Å². The van der Waals surface area contributed by atoms with Crippen LogP contribution in [0.3, 0.4) is 0 Å². The largest absolute Gasteiger partial charge is 0.493 e. The molecule has 1 amide bonds. The van der Waals surface area contributed by atoms with Crippen molar-refractivity contribution < 1.29 is 33.3 Å². The van der Waals surface area contributed by atoms with Crippen LogP contribution in [0.5, 0.6) is 17.2 Å². The molecule has 234 valence electrons. The maximum atomic E-state index is 13.5. The number of nitrogens with zero attached hydrogens (tertiary/aromatic N) is 1. The highest BCUT2D eigenvalue weighted by molar-refractivity contribution is 6.08. The topological polar surface area (TPSA) is 90.1 Å². The number of ether oxygens (including phenoxy) is 5.